The van der Waals surface area contributed by atoms with E-state index in [0.717, 1.165) is 35.4 Å². The van der Waals surface area contributed by atoms with Crippen molar-refractivity contribution in [2.45, 2.75) is 38.5 Å². The van der Waals surface area contributed by atoms with Gasteiger partial charge in [-0.25, -0.2) is 0 Å². The van der Waals surface area contributed by atoms with Crippen LogP contribution in [0.1, 0.15) is 44.1 Å². The first kappa shape index (κ1) is 13.9. The number of carbonyl (C=O) groups is 2. The minimum atomic E-state index is -0.177. The molecule has 2 aliphatic rings. The van der Waals surface area contributed by atoms with Crippen molar-refractivity contribution in [1.29, 1.82) is 0 Å². The van der Waals surface area contributed by atoms with Gasteiger partial charge in [0.25, 0.3) is 0 Å². The first-order chi connectivity index (χ1) is 10.2. The van der Waals surface area contributed by atoms with Gasteiger partial charge in [-0.05, 0) is 25.8 Å². The number of carbonyl (C=O) groups excluding carboxylic acids is 2. The zero-order valence-electron chi connectivity index (χ0n) is 12.1. The molecule has 0 saturated carbocycles. The number of rotatable bonds is 3. The van der Waals surface area contributed by atoms with Crippen molar-refractivity contribution in [2.24, 2.45) is 0 Å². The maximum Gasteiger partial charge on any atom is 0.225 e. The van der Waals surface area contributed by atoms with E-state index in [1.807, 2.05) is 31.2 Å². The number of hydrogen-bond donors (Lipinski definition) is 1. The third kappa shape index (κ3) is 2.58. The van der Waals surface area contributed by atoms with E-state index in [1.54, 1.807) is 0 Å². The second-order valence-electron chi connectivity index (χ2n) is 5.44. The third-order valence-corrected chi connectivity index (χ3v) is 4.08. The van der Waals surface area contributed by atoms with Gasteiger partial charge in [0.1, 0.15) is 5.75 Å². The number of nitrogens with one attached hydrogen (secondary N) is 1. The first-order valence-corrected chi connectivity index (χ1v) is 7.48. The third-order valence-electron chi connectivity index (χ3n) is 4.08. The molecule has 0 spiro atoms. The summed E-state index contributed by atoms with van der Waals surface area (Å²) in [6.45, 7) is 2.50. The summed E-state index contributed by atoms with van der Waals surface area (Å²) in [4.78, 5) is 24.3. The number of Topliss-reactive ketones (excluding diaryl/α,β-unsaturated/α-hetero) is 1. The summed E-state index contributed by atoms with van der Waals surface area (Å²) < 4.78 is 5.67. The van der Waals surface area contributed by atoms with Gasteiger partial charge in [-0.2, -0.15) is 0 Å². The Bertz CT molecular complexity index is 618. The van der Waals surface area contributed by atoms with Gasteiger partial charge in [0.05, 0.1) is 6.61 Å². The molecule has 4 heteroatoms. The first-order valence-electron chi connectivity index (χ1n) is 7.48. The molecule has 0 unspecified atom stereocenters. The maximum atomic E-state index is 12.3. The van der Waals surface area contributed by atoms with Crippen LogP contribution in [0.15, 0.2) is 35.5 Å². The fraction of sp³-hybridized carbons (Fsp3) is 0.412. The Morgan fingerprint density at radius 3 is 2.86 bits per heavy atom. The number of amides is 1. The lowest BCUT2D eigenvalue weighted by Crippen LogP contribution is -2.36. The topological polar surface area (TPSA) is 55.4 Å². The summed E-state index contributed by atoms with van der Waals surface area (Å²) in [5.41, 5.74) is 2.55. The minimum absolute atomic E-state index is 0.0141. The van der Waals surface area contributed by atoms with Gasteiger partial charge in [0.2, 0.25) is 5.91 Å². The van der Waals surface area contributed by atoms with E-state index < -0.39 is 0 Å². The van der Waals surface area contributed by atoms with E-state index in [4.69, 9.17) is 4.74 Å². The molecule has 4 nitrogen and oxygen atoms in total. The van der Waals surface area contributed by atoms with Crippen molar-refractivity contribution < 1.29 is 14.3 Å². The van der Waals surface area contributed by atoms with Crippen LogP contribution in [0.3, 0.4) is 0 Å². The molecule has 1 N–H and O–H groups in total. The van der Waals surface area contributed by atoms with E-state index in [-0.39, 0.29) is 17.6 Å². The molecule has 0 radical (unpaired) electrons. The molecular formula is C17H19NO3. The lowest BCUT2D eigenvalue weighted by Gasteiger charge is -2.31. The molecule has 110 valence electrons. The lowest BCUT2D eigenvalue weighted by atomic mass is 9.78. The van der Waals surface area contributed by atoms with Crippen molar-refractivity contribution in [3.05, 3.63) is 41.1 Å². The standard InChI is InChI=1S/C17H19NO3/c1-2-21-15-9-4-3-6-11(15)12-10-16(20)18-13-7-5-8-14(19)17(12)13/h3-4,6,9,12H,2,5,7-8,10H2,1H3,(H,18,20)/t12-/m0/s1. The van der Waals surface area contributed by atoms with Crippen LogP contribution in [0.5, 0.6) is 5.75 Å². The van der Waals surface area contributed by atoms with Gasteiger partial charge in [-0.3, -0.25) is 9.59 Å². The summed E-state index contributed by atoms with van der Waals surface area (Å²) in [7, 11) is 0. The van der Waals surface area contributed by atoms with Crippen molar-refractivity contribution >= 4 is 11.7 Å². The van der Waals surface area contributed by atoms with Crippen LogP contribution >= 0.6 is 0 Å². The average molecular weight is 285 g/mol. The van der Waals surface area contributed by atoms with Gasteiger partial charge < -0.3 is 10.1 Å². The van der Waals surface area contributed by atoms with Crippen LogP contribution in [0, 0.1) is 0 Å². The molecular weight excluding hydrogens is 266 g/mol. The molecule has 1 aromatic rings. The van der Waals surface area contributed by atoms with Crippen molar-refractivity contribution in [3.63, 3.8) is 0 Å². The van der Waals surface area contributed by atoms with Gasteiger partial charge >= 0.3 is 0 Å². The highest BCUT2D eigenvalue weighted by Gasteiger charge is 2.35. The van der Waals surface area contributed by atoms with Crippen molar-refractivity contribution in [2.75, 3.05) is 6.61 Å². The number of allylic oxidation sites excluding steroid dienone is 2. The fourth-order valence-corrected chi connectivity index (χ4v) is 3.23. The Kier molecular flexibility index (Phi) is 3.78. The van der Waals surface area contributed by atoms with E-state index in [9.17, 15) is 9.59 Å². The normalized spacial score (nSPS) is 21.9. The zero-order valence-corrected chi connectivity index (χ0v) is 12.1. The maximum absolute atomic E-state index is 12.3. The van der Waals surface area contributed by atoms with Crippen LogP contribution in [-0.4, -0.2) is 18.3 Å². The Hall–Kier alpha value is -2.10. The average Bonchev–Trinajstić information content (AvgIpc) is 2.47. The summed E-state index contributed by atoms with van der Waals surface area (Å²) in [6, 6.07) is 7.70. The second kappa shape index (κ2) is 5.72. The number of para-hydroxylation sites is 1. The number of ketones is 1. The Morgan fingerprint density at radius 1 is 1.24 bits per heavy atom. The monoisotopic (exact) mass is 285 g/mol. The van der Waals surface area contributed by atoms with Gasteiger partial charge in [-0.1, -0.05) is 18.2 Å². The van der Waals surface area contributed by atoms with Crippen LogP contribution in [0.4, 0.5) is 0 Å². The molecule has 1 aliphatic heterocycles. The van der Waals surface area contributed by atoms with Crippen LogP contribution < -0.4 is 10.1 Å². The lowest BCUT2D eigenvalue weighted by molar-refractivity contribution is -0.122. The second-order valence-corrected chi connectivity index (χ2v) is 5.44. The van der Waals surface area contributed by atoms with Gasteiger partial charge in [0.15, 0.2) is 5.78 Å². The van der Waals surface area contributed by atoms with E-state index >= 15 is 0 Å². The molecule has 0 fully saturated rings. The highest BCUT2D eigenvalue weighted by atomic mass is 16.5. The Labute approximate surface area is 124 Å². The smallest absolute Gasteiger partial charge is 0.225 e. The minimum Gasteiger partial charge on any atom is -0.494 e. The van der Waals surface area contributed by atoms with E-state index in [1.165, 1.54) is 0 Å². The Balaban J connectivity index is 2.07. The molecule has 1 atom stereocenters. The van der Waals surface area contributed by atoms with Crippen molar-refractivity contribution in [1.82, 2.24) is 5.32 Å². The van der Waals surface area contributed by atoms with Crippen LogP contribution in [-0.2, 0) is 9.59 Å². The molecule has 0 bridgehead atoms. The SMILES string of the molecule is CCOc1ccccc1[C@@H]1CC(=O)NC2=C1C(=O)CCC2. The summed E-state index contributed by atoms with van der Waals surface area (Å²) >= 11 is 0. The molecule has 1 amide bonds. The van der Waals surface area contributed by atoms with Gasteiger partial charge in [0, 0.05) is 35.6 Å². The molecule has 21 heavy (non-hydrogen) atoms. The molecule has 0 aromatic heterocycles. The molecule has 0 saturated heterocycles. The molecule has 1 aliphatic carbocycles. The fourth-order valence-electron chi connectivity index (χ4n) is 3.23. The van der Waals surface area contributed by atoms with Gasteiger partial charge in [-0.15, -0.1) is 0 Å². The highest BCUT2D eigenvalue weighted by molar-refractivity contribution is 6.01. The number of ether oxygens (including phenoxy) is 1. The summed E-state index contributed by atoms with van der Waals surface area (Å²) in [6.07, 6.45) is 2.48. The van der Waals surface area contributed by atoms with Crippen molar-refractivity contribution in [3.8, 4) is 5.75 Å². The predicted octanol–water partition coefficient (Wildman–Crippen LogP) is 2.70. The molecule has 3 rings (SSSR count). The predicted molar refractivity (Wildman–Crippen MR) is 79.0 cm³/mol. The number of hydrogen-bond acceptors (Lipinski definition) is 3. The largest absolute Gasteiger partial charge is 0.494 e. The molecule has 1 aromatic carbocycles. The zero-order chi connectivity index (χ0) is 14.8. The molecule has 1 heterocycles. The van der Waals surface area contributed by atoms with E-state index in [0.29, 0.717) is 19.4 Å². The summed E-state index contributed by atoms with van der Waals surface area (Å²) in [5.74, 6) is 0.738. The summed E-state index contributed by atoms with van der Waals surface area (Å²) in [5, 5.41) is 2.88. The number of benzene rings is 1. The van der Waals surface area contributed by atoms with Crippen LogP contribution in [0.25, 0.3) is 0 Å². The highest BCUT2D eigenvalue weighted by Crippen LogP contribution is 2.41. The Morgan fingerprint density at radius 2 is 2.05 bits per heavy atom. The van der Waals surface area contributed by atoms with E-state index in [2.05, 4.69) is 5.32 Å². The quantitative estimate of drug-likeness (QED) is 0.929. The van der Waals surface area contributed by atoms with Crippen LogP contribution in [0.2, 0.25) is 0 Å².